The number of aromatic hydroxyl groups is 1. The Balaban J connectivity index is 1.08. The molecular weight excluding hydrogens is 707 g/mol. The smallest absolute Gasteiger partial charge is 0.264 e. The highest BCUT2D eigenvalue weighted by atomic mass is 16.7. The standard InChI is InChI=1S/C45H45N5O6/c51-35-11-8-32(9-12-35)50(33-10-13-39-30(22-33)14-15-46-39)45(53)38-23-41(48-16-4-3-7-40(38)48)36-24-42-43(56-28-55-42)25-37(36)44(52)49-26-31-6-2-1-5-29(31)21-34(49)27-47-17-19-54-20-18-47/h1-2,5-6,8-13,22-25,34,46,51H,3-4,7,14-21,26-28H2/t34-/m0/s1. The summed E-state index contributed by atoms with van der Waals surface area (Å²) in [6.45, 7) is 5.99. The first kappa shape index (κ1) is 34.7. The van der Waals surface area contributed by atoms with E-state index >= 15 is 9.59 Å². The normalized spacial score (nSPS) is 18.5. The molecular formula is C45H45N5O6. The molecule has 56 heavy (non-hydrogen) atoms. The first-order chi connectivity index (χ1) is 27.5. The average molecular weight is 752 g/mol. The lowest BCUT2D eigenvalue weighted by atomic mass is 9.92. The maximum absolute atomic E-state index is 15.2. The molecule has 0 saturated carbocycles. The number of carbonyl (C=O) groups is 2. The van der Waals surface area contributed by atoms with Crippen LogP contribution in [-0.4, -0.2) is 83.5 Å². The maximum atomic E-state index is 15.2. The van der Waals surface area contributed by atoms with Crippen LogP contribution in [0.4, 0.5) is 17.1 Å². The number of rotatable bonds is 7. The van der Waals surface area contributed by atoms with E-state index in [1.165, 1.54) is 5.56 Å². The van der Waals surface area contributed by atoms with Gasteiger partial charge in [-0.15, -0.1) is 0 Å². The predicted octanol–water partition coefficient (Wildman–Crippen LogP) is 6.77. The lowest BCUT2D eigenvalue weighted by Crippen LogP contribution is -2.52. The molecule has 5 aliphatic rings. The van der Waals surface area contributed by atoms with E-state index < -0.39 is 0 Å². The quantitative estimate of drug-likeness (QED) is 0.188. The van der Waals surface area contributed by atoms with Crippen LogP contribution in [0, 0.1) is 0 Å². The molecule has 1 atom stereocenters. The Labute approximate surface area is 326 Å². The number of amides is 2. The molecule has 1 fully saturated rings. The zero-order valence-electron chi connectivity index (χ0n) is 31.3. The van der Waals surface area contributed by atoms with E-state index in [-0.39, 0.29) is 30.4 Å². The van der Waals surface area contributed by atoms with Gasteiger partial charge in [0.05, 0.1) is 24.3 Å². The third-order valence-electron chi connectivity index (χ3n) is 12.1. The molecule has 2 N–H and O–H groups in total. The third kappa shape index (κ3) is 6.24. The summed E-state index contributed by atoms with van der Waals surface area (Å²) >= 11 is 0. The topological polar surface area (TPSA) is 109 Å². The minimum absolute atomic E-state index is 0.0338. The second-order valence-electron chi connectivity index (χ2n) is 15.4. The van der Waals surface area contributed by atoms with E-state index in [4.69, 9.17) is 14.2 Å². The van der Waals surface area contributed by atoms with Crippen LogP contribution in [0.3, 0.4) is 0 Å². The molecule has 0 radical (unpaired) electrons. The maximum Gasteiger partial charge on any atom is 0.264 e. The summed E-state index contributed by atoms with van der Waals surface area (Å²) in [6.07, 6.45) is 4.29. The van der Waals surface area contributed by atoms with Gasteiger partial charge in [0.2, 0.25) is 6.79 Å². The first-order valence-corrected chi connectivity index (χ1v) is 19.8. The second kappa shape index (κ2) is 14.4. The second-order valence-corrected chi connectivity index (χ2v) is 15.4. The average Bonchev–Trinajstić information content (AvgIpc) is 4.00. The van der Waals surface area contributed by atoms with Gasteiger partial charge in [-0.05, 0) is 109 Å². The summed E-state index contributed by atoms with van der Waals surface area (Å²) in [5.74, 6) is 1.04. The van der Waals surface area contributed by atoms with Gasteiger partial charge in [-0.1, -0.05) is 24.3 Å². The van der Waals surface area contributed by atoms with E-state index in [1.807, 2.05) is 41.3 Å². The van der Waals surface area contributed by atoms with E-state index in [0.29, 0.717) is 48.1 Å². The van der Waals surface area contributed by atoms with Gasteiger partial charge in [0.15, 0.2) is 11.5 Å². The molecule has 11 nitrogen and oxygen atoms in total. The highest BCUT2D eigenvalue weighted by molar-refractivity contribution is 6.13. The van der Waals surface area contributed by atoms with Crippen LogP contribution in [-0.2, 0) is 37.1 Å². The van der Waals surface area contributed by atoms with Gasteiger partial charge in [0, 0.05) is 79.3 Å². The minimum Gasteiger partial charge on any atom is -0.508 e. The Kier molecular flexibility index (Phi) is 8.91. The largest absolute Gasteiger partial charge is 0.508 e. The zero-order chi connectivity index (χ0) is 37.8. The third-order valence-corrected chi connectivity index (χ3v) is 12.1. The van der Waals surface area contributed by atoms with Crippen molar-refractivity contribution in [2.24, 2.45) is 0 Å². The van der Waals surface area contributed by atoms with Gasteiger partial charge in [-0.2, -0.15) is 0 Å². The van der Waals surface area contributed by atoms with Gasteiger partial charge >= 0.3 is 0 Å². The van der Waals surface area contributed by atoms with E-state index in [2.05, 4.69) is 39.0 Å². The Morgan fingerprint density at radius 2 is 1.59 bits per heavy atom. The van der Waals surface area contributed by atoms with Gasteiger partial charge in [0.25, 0.3) is 11.8 Å². The van der Waals surface area contributed by atoms with Crippen LogP contribution in [0.25, 0.3) is 11.3 Å². The molecule has 1 aromatic heterocycles. The highest BCUT2D eigenvalue weighted by Crippen LogP contribution is 2.43. The van der Waals surface area contributed by atoms with Crippen molar-refractivity contribution in [3.05, 3.63) is 118 Å². The number of aromatic nitrogens is 1. The fraction of sp³-hybridized carbons (Fsp3) is 0.333. The molecule has 5 aliphatic heterocycles. The monoisotopic (exact) mass is 751 g/mol. The number of nitrogens with zero attached hydrogens (tertiary/aromatic N) is 4. The predicted molar refractivity (Wildman–Crippen MR) is 213 cm³/mol. The number of ether oxygens (including phenoxy) is 3. The lowest BCUT2D eigenvalue weighted by Gasteiger charge is -2.40. The Morgan fingerprint density at radius 1 is 0.804 bits per heavy atom. The van der Waals surface area contributed by atoms with Crippen LogP contribution in [0.5, 0.6) is 17.2 Å². The zero-order valence-corrected chi connectivity index (χ0v) is 31.3. The summed E-state index contributed by atoms with van der Waals surface area (Å²) in [7, 11) is 0. The van der Waals surface area contributed by atoms with Crippen molar-refractivity contribution in [1.29, 1.82) is 0 Å². The number of nitrogens with one attached hydrogen (secondary N) is 1. The fourth-order valence-electron chi connectivity index (χ4n) is 9.18. The summed E-state index contributed by atoms with van der Waals surface area (Å²) in [5.41, 5.74) is 9.73. The van der Waals surface area contributed by atoms with Crippen molar-refractivity contribution in [2.75, 3.05) is 56.4 Å². The summed E-state index contributed by atoms with van der Waals surface area (Å²) in [5, 5.41) is 13.6. The molecule has 0 spiro atoms. The number of phenols is 1. The van der Waals surface area contributed by atoms with Crippen molar-refractivity contribution in [3.63, 3.8) is 0 Å². The molecule has 2 amide bonds. The van der Waals surface area contributed by atoms with Gasteiger partial charge < -0.3 is 34.1 Å². The van der Waals surface area contributed by atoms with Crippen LogP contribution >= 0.6 is 0 Å². The molecule has 10 rings (SSSR count). The number of fused-ring (bicyclic) bond motifs is 4. The van der Waals surface area contributed by atoms with Crippen molar-refractivity contribution in [2.45, 2.75) is 51.2 Å². The van der Waals surface area contributed by atoms with Gasteiger partial charge in [0.1, 0.15) is 5.75 Å². The van der Waals surface area contributed by atoms with Gasteiger partial charge in [-0.3, -0.25) is 19.4 Å². The van der Waals surface area contributed by atoms with Gasteiger partial charge in [-0.25, -0.2) is 0 Å². The van der Waals surface area contributed by atoms with Crippen LogP contribution in [0.1, 0.15) is 55.9 Å². The molecule has 6 heterocycles. The molecule has 1 saturated heterocycles. The molecule has 11 heteroatoms. The van der Waals surface area contributed by atoms with Crippen molar-refractivity contribution in [1.82, 2.24) is 14.4 Å². The Hall–Kier alpha value is -5.78. The number of anilines is 3. The summed E-state index contributed by atoms with van der Waals surface area (Å²) in [4.78, 5) is 36.6. The summed E-state index contributed by atoms with van der Waals surface area (Å²) in [6, 6.07) is 27.0. The number of benzene rings is 4. The van der Waals surface area contributed by atoms with E-state index in [0.717, 1.165) is 104 Å². The van der Waals surface area contributed by atoms with Crippen molar-refractivity contribution < 1.29 is 28.9 Å². The fourth-order valence-corrected chi connectivity index (χ4v) is 9.18. The number of hydrogen-bond acceptors (Lipinski definition) is 8. The van der Waals surface area contributed by atoms with E-state index in [9.17, 15) is 5.11 Å². The van der Waals surface area contributed by atoms with Crippen molar-refractivity contribution >= 4 is 28.9 Å². The van der Waals surface area contributed by atoms with Crippen LogP contribution in [0.15, 0.2) is 84.9 Å². The Bertz CT molecular complexity index is 2330. The lowest BCUT2D eigenvalue weighted by molar-refractivity contribution is 0.0193. The van der Waals surface area contributed by atoms with Crippen LogP contribution < -0.4 is 19.7 Å². The molecule has 4 aromatic carbocycles. The Morgan fingerprint density at radius 3 is 2.43 bits per heavy atom. The molecule has 286 valence electrons. The molecule has 5 aromatic rings. The molecule has 0 aliphatic carbocycles. The molecule has 0 unspecified atom stereocenters. The molecule has 0 bridgehead atoms. The number of morpholine rings is 1. The van der Waals surface area contributed by atoms with Crippen LogP contribution in [0.2, 0.25) is 0 Å². The minimum atomic E-state index is -0.162. The number of hydrogen-bond donors (Lipinski definition) is 2. The van der Waals surface area contributed by atoms with Crippen molar-refractivity contribution in [3.8, 4) is 28.5 Å². The first-order valence-electron chi connectivity index (χ1n) is 19.8. The summed E-state index contributed by atoms with van der Waals surface area (Å²) < 4.78 is 19.7. The SMILES string of the molecule is O=C(c1cc(-c2cc3c(cc2C(=O)N2Cc4ccccc4C[C@H]2CN2CCOCC2)OCO3)n2c1CCCC2)N(c1ccc(O)cc1)c1ccc2c(c1)CCN2. The number of phenolic OH excluding ortho intramolecular Hbond substituents is 1. The number of carbonyl (C=O) groups excluding carboxylic acids is 2. The highest BCUT2D eigenvalue weighted by Gasteiger charge is 2.36. The van der Waals surface area contributed by atoms with E-state index in [1.54, 1.807) is 29.2 Å².